The summed E-state index contributed by atoms with van der Waals surface area (Å²) in [6, 6.07) is 8.36. The van der Waals surface area contributed by atoms with Crippen molar-refractivity contribution in [1.82, 2.24) is 0 Å². The van der Waals surface area contributed by atoms with E-state index in [1.807, 2.05) is 0 Å². The van der Waals surface area contributed by atoms with Crippen LogP contribution >= 0.6 is 11.8 Å². The molecule has 1 saturated heterocycles. The SMILES string of the molecule is CSc1ccc(C2(CO)COC2)cc1. The summed E-state index contributed by atoms with van der Waals surface area (Å²) < 4.78 is 5.17. The predicted molar refractivity (Wildman–Crippen MR) is 57.8 cm³/mol. The molecule has 1 aromatic carbocycles. The van der Waals surface area contributed by atoms with Gasteiger partial charge in [-0.25, -0.2) is 0 Å². The van der Waals surface area contributed by atoms with E-state index in [9.17, 15) is 5.11 Å². The fraction of sp³-hybridized carbons (Fsp3) is 0.455. The van der Waals surface area contributed by atoms with Crippen LogP contribution in [-0.2, 0) is 10.2 Å². The van der Waals surface area contributed by atoms with Crippen molar-refractivity contribution < 1.29 is 9.84 Å². The number of benzene rings is 1. The summed E-state index contributed by atoms with van der Waals surface area (Å²) in [5.41, 5.74) is 1.06. The van der Waals surface area contributed by atoms with Gasteiger partial charge in [0.1, 0.15) is 0 Å². The first-order chi connectivity index (χ1) is 6.80. The fourth-order valence-electron chi connectivity index (χ4n) is 1.64. The van der Waals surface area contributed by atoms with Gasteiger partial charge in [-0.05, 0) is 24.0 Å². The molecule has 0 radical (unpaired) electrons. The molecule has 0 aliphatic carbocycles. The van der Waals surface area contributed by atoms with Crippen LogP contribution in [0.3, 0.4) is 0 Å². The molecule has 0 spiro atoms. The molecule has 1 fully saturated rings. The first-order valence-corrected chi connectivity index (χ1v) is 5.86. The average molecular weight is 210 g/mol. The molecule has 1 N–H and O–H groups in total. The largest absolute Gasteiger partial charge is 0.395 e. The van der Waals surface area contributed by atoms with Gasteiger partial charge in [-0.2, -0.15) is 0 Å². The molecule has 0 atom stereocenters. The Morgan fingerprint density at radius 1 is 1.36 bits per heavy atom. The molecule has 1 aliphatic rings. The first kappa shape index (κ1) is 10.0. The van der Waals surface area contributed by atoms with Crippen LogP contribution in [0.5, 0.6) is 0 Å². The van der Waals surface area contributed by atoms with E-state index in [0.29, 0.717) is 13.2 Å². The van der Waals surface area contributed by atoms with Crippen molar-refractivity contribution in [3.63, 3.8) is 0 Å². The Labute approximate surface area is 88.3 Å². The fourth-order valence-corrected chi connectivity index (χ4v) is 2.05. The van der Waals surface area contributed by atoms with E-state index in [-0.39, 0.29) is 12.0 Å². The number of hydrogen-bond acceptors (Lipinski definition) is 3. The maximum absolute atomic E-state index is 9.33. The second-order valence-electron chi connectivity index (χ2n) is 3.66. The summed E-state index contributed by atoms with van der Waals surface area (Å²) in [5, 5.41) is 9.33. The Bertz CT molecular complexity index is 298. The molecular weight excluding hydrogens is 196 g/mol. The first-order valence-electron chi connectivity index (χ1n) is 4.64. The van der Waals surface area contributed by atoms with E-state index in [2.05, 4.69) is 30.5 Å². The summed E-state index contributed by atoms with van der Waals surface area (Å²) in [6.07, 6.45) is 2.06. The molecule has 1 aliphatic heterocycles. The quantitative estimate of drug-likeness (QED) is 0.770. The molecule has 3 heteroatoms. The third-order valence-corrected chi connectivity index (χ3v) is 3.51. The van der Waals surface area contributed by atoms with Gasteiger partial charge in [-0.15, -0.1) is 11.8 Å². The Balaban J connectivity index is 2.23. The topological polar surface area (TPSA) is 29.5 Å². The van der Waals surface area contributed by atoms with Gasteiger partial charge in [0.05, 0.1) is 25.2 Å². The second-order valence-corrected chi connectivity index (χ2v) is 4.54. The number of ether oxygens (including phenoxy) is 1. The highest BCUT2D eigenvalue weighted by Crippen LogP contribution is 2.32. The molecule has 0 amide bonds. The number of thioether (sulfide) groups is 1. The Kier molecular flexibility index (Phi) is 2.81. The summed E-state index contributed by atoms with van der Waals surface area (Å²) in [6.45, 7) is 1.45. The molecule has 2 rings (SSSR count). The molecule has 14 heavy (non-hydrogen) atoms. The van der Waals surface area contributed by atoms with E-state index >= 15 is 0 Å². The number of aliphatic hydroxyl groups excluding tert-OH is 1. The highest BCUT2D eigenvalue weighted by atomic mass is 32.2. The van der Waals surface area contributed by atoms with Gasteiger partial charge in [0, 0.05) is 4.90 Å². The standard InChI is InChI=1S/C11H14O2S/c1-14-10-4-2-9(3-5-10)11(6-12)7-13-8-11/h2-5,12H,6-8H2,1H3. The van der Waals surface area contributed by atoms with Gasteiger partial charge < -0.3 is 9.84 Å². The minimum Gasteiger partial charge on any atom is -0.395 e. The van der Waals surface area contributed by atoms with Crippen molar-refractivity contribution in [3.05, 3.63) is 29.8 Å². The van der Waals surface area contributed by atoms with Crippen molar-refractivity contribution in [2.45, 2.75) is 10.3 Å². The Hall–Kier alpha value is -0.510. The third kappa shape index (κ3) is 1.56. The highest BCUT2D eigenvalue weighted by molar-refractivity contribution is 7.98. The van der Waals surface area contributed by atoms with Gasteiger partial charge in [0.2, 0.25) is 0 Å². The molecule has 0 bridgehead atoms. The zero-order chi connectivity index (χ0) is 10.0. The van der Waals surface area contributed by atoms with Crippen LogP contribution in [0, 0.1) is 0 Å². The van der Waals surface area contributed by atoms with Crippen LogP contribution in [0.25, 0.3) is 0 Å². The van der Waals surface area contributed by atoms with E-state index in [4.69, 9.17) is 4.74 Å². The number of aliphatic hydroxyl groups is 1. The maximum atomic E-state index is 9.33. The van der Waals surface area contributed by atoms with E-state index in [1.165, 1.54) is 10.5 Å². The monoisotopic (exact) mass is 210 g/mol. The molecule has 0 unspecified atom stereocenters. The van der Waals surface area contributed by atoms with Crippen LogP contribution in [0.1, 0.15) is 5.56 Å². The zero-order valence-corrected chi connectivity index (χ0v) is 9.01. The second kappa shape index (κ2) is 3.93. The molecule has 1 heterocycles. The van der Waals surface area contributed by atoms with Crippen LogP contribution in [0.4, 0.5) is 0 Å². The highest BCUT2D eigenvalue weighted by Gasteiger charge is 2.39. The molecule has 0 aromatic heterocycles. The van der Waals surface area contributed by atoms with Crippen LogP contribution in [0.2, 0.25) is 0 Å². The van der Waals surface area contributed by atoms with E-state index in [0.717, 1.165) is 0 Å². The van der Waals surface area contributed by atoms with Crippen molar-refractivity contribution in [2.75, 3.05) is 26.1 Å². The van der Waals surface area contributed by atoms with Crippen molar-refractivity contribution in [1.29, 1.82) is 0 Å². The Morgan fingerprint density at radius 3 is 2.36 bits per heavy atom. The van der Waals surface area contributed by atoms with Gasteiger partial charge in [-0.1, -0.05) is 12.1 Å². The summed E-state index contributed by atoms with van der Waals surface area (Å²) >= 11 is 1.73. The lowest BCUT2D eigenvalue weighted by atomic mass is 9.79. The lowest BCUT2D eigenvalue weighted by Gasteiger charge is -2.40. The molecular formula is C11H14O2S. The van der Waals surface area contributed by atoms with Crippen LogP contribution < -0.4 is 0 Å². The van der Waals surface area contributed by atoms with Crippen molar-refractivity contribution in [3.8, 4) is 0 Å². The maximum Gasteiger partial charge on any atom is 0.0651 e. The Morgan fingerprint density at radius 2 is 2.00 bits per heavy atom. The minimum absolute atomic E-state index is 0.128. The zero-order valence-electron chi connectivity index (χ0n) is 8.19. The lowest BCUT2D eigenvalue weighted by Crippen LogP contribution is -2.49. The van der Waals surface area contributed by atoms with Gasteiger partial charge in [0.15, 0.2) is 0 Å². The summed E-state index contributed by atoms with van der Waals surface area (Å²) in [4.78, 5) is 1.25. The van der Waals surface area contributed by atoms with Gasteiger partial charge >= 0.3 is 0 Å². The van der Waals surface area contributed by atoms with E-state index in [1.54, 1.807) is 11.8 Å². The third-order valence-electron chi connectivity index (χ3n) is 2.76. The summed E-state index contributed by atoms with van der Waals surface area (Å²) in [7, 11) is 0. The lowest BCUT2D eigenvalue weighted by molar-refractivity contribution is -0.0841. The smallest absolute Gasteiger partial charge is 0.0651 e. The predicted octanol–water partition coefficient (Wildman–Crippen LogP) is 1.67. The minimum atomic E-state index is -0.128. The van der Waals surface area contributed by atoms with Crippen LogP contribution in [0.15, 0.2) is 29.2 Å². The van der Waals surface area contributed by atoms with Crippen molar-refractivity contribution in [2.24, 2.45) is 0 Å². The normalized spacial score (nSPS) is 19.0. The molecule has 76 valence electrons. The van der Waals surface area contributed by atoms with Crippen molar-refractivity contribution >= 4 is 11.8 Å². The molecule has 2 nitrogen and oxygen atoms in total. The van der Waals surface area contributed by atoms with Gasteiger partial charge in [0.25, 0.3) is 0 Å². The summed E-state index contributed by atoms with van der Waals surface area (Å²) in [5.74, 6) is 0. The number of rotatable bonds is 3. The number of hydrogen-bond donors (Lipinski definition) is 1. The van der Waals surface area contributed by atoms with Crippen LogP contribution in [-0.4, -0.2) is 31.2 Å². The average Bonchev–Trinajstić information content (AvgIpc) is 2.18. The molecule has 0 saturated carbocycles. The molecule has 1 aromatic rings. The van der Waals surface area contributed by atoms with Gasteiger partial charge in [-0.3, -0.25) is 0 Å². The van der Waals surface area contributed by atoms with E-state index < -0.39 is 0 Å².